The molecular weight excluding hydrogens is 579 g/mol. The molecule has 216 valence electrons. The summed E-state index contributed by atoms with van der Waals surface area (Å²) < 4.78 is 97.8. The SMILES string of the molecule is O=C(CCc1cccc(S(=O)(=O)Cc2ccc(C(F)(F)F)cc2)c1)[C@@H]1CCCN1S(=O)(=O)c1cc2ccccc2o1. The number of nitrogens with zero attached hydrogens (tertiary/aromatic N) is 1. The first-order valence-electron chi connectivity index (χ1n) is 12.9. The molecule has 1 aliphatic rings. The Balaban J connectivity index is 1.26. The van der Waals surface area contributed by atoms with Crippen molar-refractivity contribution in [2.45, 2.75) is 53.6 Å². The summed E-state index contributed by atoms with van der Waals surface area (Å²) in [6.45, 7) is 0.188. The van der Waals surface area contributed by atoms with Crippen molar-refractivity contribution in [2.24, 2.45) is 0 Å². The maximum atomic E-state index is 13.3. The molecule has 0 saturated carbocycles. The molecule has 1 atom stereocenters. The number of aryl methyl sites for hydroxylation is 1. The summed E-state index contributed by atoms with van der Waals surface area (Å²) in [6.07, 6.45) is -3.43. The van der Waals surface area contributed by atoms with Gasteiger partial charge in [0.05, 0.1) is 22.3 Å². The highest BCUT2D eigenvalue weighted by Gasteiger charge is 2.40. The number of ketones is 1. The van der Waals surface area contributed by atoms with Crippen LogP contribution in [0, 0.1) is 0 Å². The van der Waals surface area contributed by atoms with Gasteiger partial charge in [-0.3, -0.25) is 4.79 Å². The fraction of sp³-hybridized carbons (Fsp3) is 0.276. The van der Waals surface area contributed by atoms with Crippen LogP contribution in [0.25, 0.3) is 11.0 Å². The molecule has 12 heteroatoms. The van der Waals surface area contributed by atoms with Gasteiger partial charge < -0.3 is 4.42 Å². The second-order valence-corrected chi connectivity index (χ2v) is 13.8. The summed E-state index contributed by atoms with van der Waals surface area (Å²) in [5, 5.41) is 0.422. The highest BCUT2D eigenvalue weighted by Crippen LogP contribution is 2.32. The summed E-state index contributed by atoms with van der Waals surface area (Å²) in [4.78, 5) is 13.1. The largest absolute Gasteiger partial charge is 0.443 e. The number of para-hydroxylation sites is 1. The van der Waals surface area contributed by atoms with Crippen LogP contribution in [-0.4, -0.2) is 39.5 Å². The third kappa shape index (κ3) is 6.24. The number of carbonyl (C=O) groups excluding carboxylic acids is 1. The van der Waals surface area contributed by atoms with E-state index in [2.05, 4.69) is 0 Å². The van der Waals surface area contributed by atoms with E-state index in [0.717, 1.165) is 24.3 Å². The number of hydrogen-bond acceptors (Lipinski definition) is 6. The van der Waals surface area contributed by atoms with Gasteiger partial charge in [0.15, 0.2) is 15.6 Å². The van der Waals surface area contributed by atoms with Gasteiger partial charge in [-0.1, -0.05) is 42.5 Å². The van der Waals surface area contributed by atoms with E-state index in [0.29, 0.717) is 29.4 Å². The van der Waals surface area contributed by atoms with Crippen molar-refractivity contribution in [3.8, 4) is 0 Å². The van der Waals surface area contributed by atoms with Gasteiger partial charge in [-0.25, -0.2) is 16.8 Å². The number of halogens is 3. The van der Waals surface area contributed by atoms with Crippen LogP contribution in [0.15, 0.2) is 93.3 Å². The first kappa shape index (κ1) is 29.0. The first-order chi connectivity index (χ1) is 19.3. The quantitative estimate of drug-likeness (QED) is 0.240. The van der Waals surface area contributed by atoms with Gasteiger partial charge in [0.2, 0.25) is 5.09 Å². The Labute approximate surface area is 235 Å². The van der Waals surface area contributed by atoms with Crippen molar-refractivity contribution in [3.05, 3.63) is 95.6 Å². The molecule has 1 fully saturated rings. The second kappa shape index (κ2) is 11.1. The molecule has 0 unspecified atom stereocenters. The van der Waals surface area contributed by atoms with Crippen LogP contribution >= 0.6 is 0 Å². The molecule has 0 radical (unpaired) electrons. The molecular formula is C29H26F3NO6S2. The molecule has 4 aromatic rings. The van der Waals surface area contributed by atoms with Crippen LogP contribution in [0.5, 0.6) is 0 Å². The van der Waals surface area contributed by atoms with Gasteiger partial charge in [0, 0.05) is 24.4 Å². The average molecular weight is 606 g/mol. The van der Waals surface area contributed by atoms with Gasteiger partial charge in [-0.15, -0.1) is 0 Å². The van der Waals surface area contributed by atoms with Gasteiger partial charge in [-0.2, -0.15) is 17.5 Å². The molecule has 0 spiro atoms. The predicted octanol–water partition coefficient (Wildman–Crippen LogP) is 5.78. The van der Waals surface area contributed by atoms with Crippen molar-refractivity contribution < 1.29 is 39.2 Å². The Morgan fingerprint density at radius 3 is 2.34 bits per heavy atom. The summed E-state index contributed by atoms with van der Waals surface area (Å²) in [5.74, 6) is -0.760. The minimum atomic E-state index is -4.52. The van der Waals surface area contributed by atoms with E-state index in [4.69, 9.17) is 4.42 Å². The summed E-state index contributed by atoms with van der Waals surface area (Å²) in [7, 11) is -7.91. The smallest absolute Gasteiger partial charge is 0.416 e. The van der Waals surface area contributed by atoms with E-state index in [1.807, 2.05) is 0 Å². The van der Waals surface area contributed by atoms with Crippen molar-refractivity contribution >= 4 is 36.6 Å². The van der Waals surface area contributed by atoms with Crippen molar-refractivity contribution in [3.63, 3.8) is 0 Å². The summed E-state index contributed by atoms with van der Waals surface area (Å²) >= 11 is 0. The third-order valence-electron chi connectivity index (χ3n) is 7.10. The van der Waals surface area contributed by atoms with E-state index in [1.165, 1.54) is 28.6 Å². The predicted molar refractivity (Wildman–Crippen MR) is 145 cm³/mol. The van der Waals surface area contributed by atoms with Crippen LogP contribution in [0.4, 0.5) is 13.2 Å². The Hall–Kier alpha value is -3.48. The third-order valence-corrected chi connectivity index (χ3v) is 10.5. The molecule has 7 nitrogen and oxygen atoms in total. The number of Topliss-reactive ketones (excluding diaryl/α,β-unsaturated/α-hetero) is 1. The summed E-state index contributed by atoms with van der Waals surface area (Å²) in [6, 6.07) is 17.5. The molecule has 2 heterocycles. The van der Waals surface area contributed by atoms with Crippen molar-refractivity contribution in [2.75, 3.05) is 6.54 Å². The highest BCUT2D eigenvalue weighted by atomic mass is 32.2. The number of benzene rings is 3. The Morgan fingerprint density at radius 1 is 0.902 bits per heavy atom. The lowest BCUT2D eigenvalue weighted by Crippen LogP contribution is -2.40. The van der Waals surface area contributed by atoms with Crippen LogP contribution < -0.4 is 0 Å². The van der Waals surface area contributed by atoms with E-state index in [9.17, 15) is 34.8 Å². The number of carbonyl (C=O) groups is 1. The number of sulfone groups is 1. The zero-order valence-corrected chi connectivity index (χ0v) is 23.3. The molecule has 5 rings (SSSR count). The van der Waals surface area contributed by atoms with Gasteiger partial charge in [-0.05, 0) is 60.7 Å². The van der Waals surface area contributed by atoms with Crippen LogP contribution in [0.1, 0.15) is 36.0 Å². The number of fused-ring (bicyclic) bond motifs is 1. The fourth-order valence-corrected chi connectivity index (χ4v) is 8.02. The lowest BCUT2D eigenvalue weighted by molar-refractivity contribution is -0.137. The first-order valence-corrected chi connectivity index (χ1v) is 15.9. The Kier molecular flexibility index (Phi) is 7.84. The standard InChI is InChI=1S/C29H26F3NO6S2/c30-29(31,32)23-13-10-21(11-14-23)19-40(35,36)24-7-3-5-20(17-24)12-15-26(34)25-8-4-16-33(25)41(37,38)28-18-22-6-1-2-9-27(22)39-28/h1-3,5-7,9-11,13-14,17-18,25H,4,8,12,15-16,19H2/t25-/m0/s1. The van der Waals surface area contributed by atoms with E-state index in [1.54, 1.807) is 30.3 Å². The second-order valence-electron chi connectivity index (χ2n) is 9.94. The van der Waals surface area contributed by atoms with E-state index >= 15 is 0 Å². The monoisotopic (exact) mass is 605 g/mol. The molecule has 41 heavy (non-hydrogen) atoms. The van der Waals surface area contributed by atoms with E-state index < -0.39 is 43.4 Å². The minimum Gasteiger partial charge on any atom is -0.443 e. The van der Waals surface area contributed by atoms with Gasteiger partial charge in [0.1, 0.15) is 5.58 Å². The van der Waals surface area contributed by atoms with Crippen LogP contribution in [0.3, 0.4) is 0 Å². The minimum absolute atomic E-state index is 0.000771. The number of alkyl halides is 3. The van der Waals surface area contributed by atoms with Crippen molar-refractivity contribution in [1.29, 1.82) is 0 Å². The maximum Gasteiger partial charge on any atom is 0.416 e. The Morgan fingerprint density at radius 2 is 1.63 bits per heavy atom. The molecule has 1 aliphatic heterocycles. The molecule has 1 aromatic heterocycles. The zero-order valence-electron chi connectivity index (χ0n) is 21.7. The normalized spacial score (nSPS) is 16.8. The van der Waals surface area contributed by atoms with Crippen molar-refractivity contribution in [1.82, 2.24) is 4.31 Å². The number of furan rings is 1. The number of sulfonamides is 1. The van der Waals surface area contributed by atoms with Gasteiger partial charge in [0.25, 0.3) is 10.0 Å². The Bertz CT molecular complexity index is 1760. The number of rotatable bonds is 9. The zero-order chi connectivity index (χ0) is 29.4. The molecule has 0 N–H and O–H groups in total. The van der Waals surface area contributed by atoms with E-state index in [-0.39, 0.29) is 40.7 Å². The topological polar surface area (TPSA) is 102 Å². The average Bonchev–Trinajstić information content (AvgIpc) is 3.60. The summed E-state index contributed by atoms with van der Waals surface area (Å²) in [5.41, 5.74) is 0.347. The van der Waals surface area contributed by atoms with Gasteiger partial charge >= 0.3 is 6.18 Å². The molecule has 0 bridgehead atoms. The molecule has 3 aromatic carbocycles. The lowest BCUT2D eigenvalue weighted by atomic mass is 10.0. The highest BCUT2D eigenvalue weighted by molar-refractivity contribution is 7.90. The van der Waals surface area contributed by atoms with Crippen LogP contribution in [0.2, 0.25) is 0 Å². The fourth-order valence-electron chi connectivity index (χ4n) is 4.97. The van der Waals surface area contributed by atoms with Crippen LogP contribution in [-0.2, 0) is 43.0 Å². The lowest BCUT2D eigenvalue weighted by Gasteiger charge is -2.21. The molecule has 0 aliphatic carbocycles. The molecule has 1 saturated heterocycles. The maximum absolute atomic E-state index is 13.3. The molecule has 0 amide bonds. The number of hydrogen-bond donors (Lipinski definition) is 0.